The fraction of sp³-hybridized carbons (Fsp3) is 0.267. The topological polar surface area (TPSA) is 92.9 Å². The number of aromatic nitrogens is 1. The third-order valence-electron chi connectivity index (χ3n) is 3.62. The summed E-state index contributed by atoms with van der Waals surface area (Å²) in [5, 5.41) is 12.9. The van der Waals surface area contributed by atoms with Crippen LogP contribution >= 0.6 is 0 Å². The predicted molar refractivity (Wildman–Crippen MR) is 76.6 cm³/mol. The predicted octanol–water partition coefficient (Wildman–Crippen LogP) is 1.79. The molecule has 1 unspecified atom stereocenters. The van der Waals surface area contributed by atoms with E-state index in [1.807, 2.05) is 12.1 Å². The number of benzene rings is 1. The van der Waals surface area contributed by atoms with Crippen molar-refractivity contribution in [3.05, 3.63) is 30.3 Å². The van der Waals surface area contributed by atoms with Gasteiger partial charge in [-0.3, -0.25) is 14.5 Å². The van der Waals surface area contributed by atoms with Crippen LogP contribution in [0.5, 0.6) is 5.75 Å². The first-order chi connectivity index (χ1) is 10.6. The minimum atomic E-state index is -0.981. The van der Waals surface area contributed by atoms with Gasteiger partial charge < -0.3 is 14.4 Å². The van der Waals surface area contributed by atoms with Crippen LogP contribution in [0.25, 0.3) is 11.3 Å². The van der Waals surface area contributed by atoms with E-state index in [1.165, 1.54) is 4.90 Å². The van der Waals surface area contributed by atoms with Gasteiger partial charge in [0.1, 0.15) is 11.4 Å². The van der Waals surface area contributed by atoms with E-state index in [9.17, 15) is 9.59 Å². The molecule has 2 heterocycles. The van der Waals surface area contributed by atoms with Gasteiger partial charge >= 0.3 is 5.97 Å². The number of anilines is 1. The highest BCUT2D eigenvalue weighted by atomic mass is 16.5. The van der Waals surface area contributed by atoms with Crippen molar-refractivity contribution >= 4 is 17.8 Å². The minimum absolute atomic E-state index is 0.0199. The Morgan fingerprint density at radius 3 is 2.73 bits per heavy atom. The number of carboxylic acid groups (broad SMARTS) is 1. The average Bonchev–Trinajstić information content (AvgIpc) is 3.14. The zero-order valence-electron chi connectivity index (χ0n) is 11.9. The molecular formula is C15H14N2O5. The second kappa shape index (κ2) is 5.51. The van der Waals surface area contributed by atoms with Crippen LogP contribution in [0.3, 0.4) is 0 Å². The van der Waals surface area contributed by atoms with Gasteiger partial charge in [-0.1, -0.05) is 5.16 Å². The molecule has 1 atom stereocenters. The lowest BCUT2D eigenvalue weighted by Gasteiger charge is -2.10. The standard InChI is InChI=1S/C15H14N2O5/c1-21-11-4-2-9(3-5-11)12-7-14(22-16-12)17-8-10(15(19)20)6-13(17)18/h2-5,7,10H,6,8H2,1H3,(H,19,20). The van der Waals surface area contributed by atoms with Crippen LogP contribution in [0.15, 0.2) is 34.9 Å². The van der Waals surface area contributed by atoms with Crippen LogP contribution < -0.4 is 9.64 Å². The van der Waals surface area contributed by atoms with Crippen LogP contribution in [0.2, 0.25) is 0 Å². The zero-order chi connectivity index (χ0) is 15.7. The zero-order valence-corrected chi connectivity index (χ0v) is 11.9. The van der Waals surface area contributed by atoms with E-state index in [1.54, 1.807) is 25.3 Å². The highest BCUT2D eigenvalue weighted by Crippen LogP contribution is 2.29. The molecule has 0 aliphatic carbocycles. The molecule has 0 radical (unpaired) electrons. The summed E-state index contributed by atoms with van der Waals surface area (Å²) in [5.41, 5.74) is 1.39. The fourth-order valence-electron chi connectivity index (χ4n) is 2.38. The third kappa shape index (κ3) is 2.52. The Hall–Kier alpha value is -2.83. The van der Waals surface area contributed by atoms with E-state index in [0.29, 0.717) is 5.69 Å². The number of carboxylic acids is 1. The molecule has 7 nitrogen and oxygen atoms in total. The molecule has 1 N–H and O–H groups in total. The molecule has 0 saturated carbocycles. The van der Waals surface area contributed by atoms with Gasteiger partial charge in [0.2, 0.25) is 11.8 Å². The maximum Gasteiger partial charge on any atom is 0.308 e. The maximum atomic E-state index is 11.9. The van der Waals surface area contributed by atoms with E-state index < -0.39 is 11.9 Å². The van der Waals surface area contributed by atoms with Crippen molar-refractivity contribution in [2.75, 3.05) is 18.6 Å². The number of nitrogens with zero attached hydrogens (tertiary/aromatic N) is 2. The lowest BCUT2D eigenvalue weighted by atomic mass is 10.1. The smallest absolute Gasteiger partial charge is 0.308 e. The Balaban J connectivity index is 1.81. The molecule has 1 fully saturated rings. The molecule has 7 heteroatoms. The summed E-state index contributed by atoms with van der Waals surface area (Å²) < 4.78 is 10.3. The molecule has 114 valence electrons. The van der Waals surface area contributed by atoms with Gasteiger partial charge in [-0.05, 0) is 24.3 Å². The first-order valence-corrected chi connectivity index (χ1v) is 6.73. The Labute approximate surface area is 126 Å². The van der Waals surface area contributed by atoms with Crippen LogP contribution in [-0.4, -0.2) is 35.8 Å². The number of aliphatic carboxylic acids is 1. The SMILES string of the molecule is COc1ccc(-c2cc(N3CC(C(=O)O)CC3=O)on2)cc1. The second-order valence-corrected chi connectivity index (χ2v) is 5.02. The van der Waals surface area contributed by atoms with E-state index in [-0.39, 0.29) is 24.8 Å². The third-order valence-corrected chi connectivity index (χ3v) is 3.62. The van der Waals surface area contributed by atoms with Gasteiger partial charge in [0, 0.05) is 24.6 Å². The summed E-state index contributed by atoms with van der Waals surface area (Å²) in [6.45, 7) is 0.103. The van der Waals surface area contributed by atoms with Gasteiger partial charge in [0.15, 0.2) is 0 Å². The average molecular weight is 302 g/mol. The lowest BCUT2D eigenvalue weighted by molar-refractivity contribution is -0.141. The molecular weight excluding hydrogens is 288 g/mol. The lowest BCUT2D eigenvalue weighted by Crippen LogP contribution is -2.25. The quantitative estimate of drug-likeness (QED) is 0.925. The van der Waals surface area contributed by atoms with E-state index in [0.717, 1.165) is 11.3 Å². The molecule has 3 rings (SSSR count). The van der Waals surface area contributed by atoms with Crippen molar-refractivity contribution in [3.8, 4) is 17.0 Å². The van der Waals surface area contributed by atoms with Crippen LogP contribution in [-0.2, 0) is 9.59 Å². The van der Waals surface area contributed by atoms with Gasteiger partial charge in [0.25, 0.3) is 0 Å². The molecule has 1 saturated heterocycles. The highest BCUT2D eigenvalue weighted by molar-refractivity contribution is 5.98. The Bertz CT molecular complexity index is 707. The van der Waals surface area contributed by atoms with E-state index >= 15 is 0 Å². The van der Waals surface area contributed by atoms with Gasteiger partial charge in [-0.25, -0.2) is 0 Å². The number of ether oxygens (including phenoxy) is 1. The van der Waals surface area contributed by atoms with Crippen LogP contribution in [0.4, 0.5) is 5.88 Å². The largest absolute Gasteiger partial charge is 0.497 e. The van der Waals surface area contributed by atoms with Crippen LogP contribution in [0.1, 0.15) is 6.42 Å². The number of carbonyl (C=O) groups excluding carboxylic acids is 1. The first kappa shape index (κ1) is 14.1. The normalized spacial score (nSPS) is 17.8. The van der Waals surface area contributed by atoms with E-state index in [2.05, 4.69) is 5.16 Å². The van der Waals surface area contributed by atoms with Gasteiger partial charge in [-0.2, -0.15) is 0 Å². The first-order valence-electron chi connectivity index (χ1n) is 6.73. The molecule has 1 amide bonds. The molecule has 2 aromatic rings. The number of carbonyl (C=O) groups is 2. The number of rotatable bonds is 4. The number of methoxy groups -OCH3 is 1. The van der Waals surface area contributed by atoms with Crippen molar-refractivity contribution in [2.24, 2.45) is 5.92 Å². The van der Waals surface area contributed by atoms with Crippen molar-refractivity contribution in [1.29, 1.82) is 0 Å². The van der Waals surface area contributed by atoms with E-state index in [4.69, 9.17) is 14.4 Å². The Morgan fingerprint density at radius 2 is 2.14 bits per heavy atom. The van der Waals surface area contributed by atoms with Crippen molar-refractivity contribution in [1.82, 2.24) is 5.16 Å². The summed E-state index contributed by atoms with van der Waals surface area (Å²) in [4.78, 5) is 24.2. The summed E-state index contributed by atoms with van der Waals surface area (Å²) in [5.74, 6) is -0.969. The Morgan fingerprint density at radius 1 is 1.41 bits per heavy atom. The van der Waals surface area contributed by atoms with Gasteiger partial charge in [0.05, 0.1) is 13.0 Å². The molecule has 0 spiro atoms. The summed E-state index contributed by atoms with van der Waals surface area (Å²) in [7, 11) is 1.58. The number of hydrogen-bond donors (Lipinski definition) is 1. The van der Waals surface area contributed by atoms with Crippen molar-refractivity contribution in [3.63, 3.8) is 0 Å². The highest BCUT2D eigenvalue weighted by Gasteiger charge is 2.36. The van der Waals surface area contributed by atoms with Gasteiger partial charge in [-0.15, -0.1) is 0 Å². The summed E-state index contributed by atoms with van der Waals surface area (Å²) in [6, 6.07) is 8.87. The van der Waals surface area contributed by atoms with Crippen LogP contribution in [0, 0.1) is 5.92 Å². The number of amides is 1. The fourth-order valence-corrected chi connectivity index (χ4v) is 2.38. The molecule has 1 aliphatic rings. The van der Waals surface area contributed by atoms with Crippen molar-refractivity contribution < 1.29 is 24.0 Å². The molecule has 1 aromatic heterocycles. The molecule has 1 aliphatic heterocycles. The summed E-state index contributed by atoms with van der Waals surface area (Å²) >= 11 is 0. The molecule has 1 aromatic carbocycles. The summed E-state index contributed by atoms with van der Waals surface area (Å²) in [6.07, 6.45) is -0.0199. The second-order valence-electron chi connectivity index (χ2n) is 5.02. The maximum absolute atomic E-state index is 11.9. The number of hydrogen-bond acceptors (Lipinski definition) is 5. The molecule has 0 bridgehead atoms. The minimum Gasteiger partial charge on any atom is -0.497 e. The monoisotopic (exact) mass is 302 g/mol. The Kier molecular flexibility index (Phi) is 3.54. The van der Waals surface area contributed by atoms with Crippen molar-refractivity contribution in [2.45, 2.75) is 6.42 Å². The molecule has 22 heavy (non-hydrogen) atoms.